The van der Waals surface area contributed by atoms with Crippen molar-refractivity contribution in [3.05, 3.63) is 44.6 Å². The van der Waals surface area contributed by atoms with Crippen molar-refractivity contribution in [1.29, 1.82) is 0 Å². The zero-order valence-corrected chi connectivity index (χ0v) is 15.3. The van der Waals surface area contributed by atoms with Crippen molar-refractivity contribution >= 4 is 50.2 Å². The molecular formula is C14H16Cl2N2O2S2. The standard InChI is InChI=1S/C14H16Cl2N2O2S2/c1-18(2)11-5-3-10(4-6-11)7-8-17-22(19,20)12-9-13(15)21-14(12)16/h3-6,9,17H,7-8H2,1-2H3. The van der Waals surface area contributed by atoms with E-state index in [0.29, 0.717) is 17.3 Å². The van der Waals surface area contributed by atoms with Crippen LogP contribution >= 0.6 is 34.5 Å². The molecule has 0 saturated carbocycles. The van der Waals surface area contributed by atoms with Gasteiger partial charge in [-0.3, -0.25) is 0 Å². The Morgan fingerprint density at radius 2 is 1.82 bits per heavy atom. The summed E-state index contributed by atoms with van der Waals surface area (Å²) in [5.74, 6) is 0. The van der Waals surface area contributed by atoms with Crippen molar-refractivity contribution in [2.45, 2.75) is 11.3 Å². The Morgan fingerprint density at radius 3 is 2.32 bits per heavy atom. The lowest BCUT2D eigenvalue weighted by molar-refractivity contribution is 0.582. The van der Waals surface area contributed by atoms with Gasteiger partial charge in [0.15, 0.2) is 0 Å². The molecule has 1 N–H and O–H groups in total. The van der Waals surface area contributed by atoms with Crippen molar-refractivity contribution < 1.29 is 8.42 Å². The Morgan fingerprint density at radius 1 is 1.18 bits per heavy atom. The van der Waals surface area contributed by atoms with Gasteiger partial charge in [-0.2, -0.15) is 0 Å². The van der Waals surface area contributed by atoms with Crippen LogP contribution in [0.2, 0.25) is 8.67 Å². The van der Waals surface area contributed by atoms with E-state index in [1.165, 1.54) is 6.07 Å². The highest BCUT2D eigenvalue weighted by molar-refractivity contribution is 7.89. The van der Waals surface area contributed by atoms with E-state index in [1.54, 1.807) is 0 Å². The van der Waals surface area contributed by atoms with Gasteiger partial charge in [-0.1, -0.05) is 35.3 Å². The molecule has 8 heteroatoms. The average Bonchev–Trinajstić information content (AvgIpc) is 2.79. The molecule has 0 amide bonds. The maximum Gasteiger partial charge on any atom is 0.242 e. The summed E-state index contributed by atoms with van der Waals surface area (Å²) in [5, 5.41) is 0. The predicted octanol–water partition coefficient (Wildman–Crippen LogP) is 3.64. The van der Waals surface area contributed by atoms with Gasteiger partial charge >= 0.3 is 0 Å². The van der Waals surface area contributed by atoms with Gasteiger partial charge in [-0.15, -0.1) is 11.3 Å². The Kier molecular flexibility index (Phi) is 5.74. The highest BCUT2D eigenvalue weighted by Crippen LogP contribution is 2.34. The van der Waals surface area contributed by atoms with Gasteiger partial charge in [-0.05, 0) is 30.2 Å². The van der Waals surface area contributed by atoms with Crippen LogP contribution in [0.3, 0.4) is 0 Å². The zero-order chi connectivity index (χ0) is 16.3. The van der Waals surface area contributed by atoms with Crippen molar-refractivity contribution in [2.24, 2.45) is 0 Å². The highest BCUT2D eigenvalue weighted by atomic mass is 35.5. The number of nitrogens with one attached hydrogen (secondary N) is 1. The topological polar surface area (TPSA) is 49.4 Å². The van der Waals surface area contributed by atoms with Crippen LogP contribution in [0.1, 0.15) is 5.56 Å². The number of hydrogen-bond acceptors (Lipinski definition) is 4. The fourth-order valence-electron chi connectivity index (χ4n) is 1.88. The molecule has 0 aliphatic rings. The molecule has 1 aromatic heterocycles. The summed E-state index contributed by atoms with van der Waals surface area (Å²) in [6, 6.07) is 9.33. The Balaban J connectivity index is 1.97. The first-order chi connectivity index (χ1) is 10.3. The second kappa shape index (κ2) is 7.19. The molecule has 0 saturated heterocycles. The molecule has 2 aromatic rings. The van der Waals surface area contributed by atoms with Crippen LogP contribution in [0.4, 0.5) is 5.69 Å². The summed E-state index contributed by atoms with van der Waals surface area (Å²) in [5.41, 5.74) is 2.16. The van der Waals surface area contributed by atoms with Gasteiger partial charge in [0, 0.05) is 26.3 Å². The monoisotopic (exact) mass is 378 g/mol. The van der Waals surface area contributed by atoms with Gasteiger partial charge in [0.1, 0.15) is 9.23 Å². The second-order valence-electron chi connectivity index (χ2n) is 4.90. The molecular weight excluding hydrogens is 363 g/mol. The van der Waals surface area contributed by atoms with Crippen molar-refractivity contribution in [1.82, 2.24) is 4.72 Å². The molecule has 0 unspecified atom stereocenters. The molecule has 4 nitrogen and oxygen atoms in total. The zero-order valence-electron chi connectivity index (χ0n) is 12.1. The normalized spacial score (nSPS) is 11.6. The number of nitrogens with zero attached hydrogens (tertiary/aromatic N) is 1. The van der Waals surface area contributed by atoms with E-state index >= 15 is 0 Å². The summed E-state index contributed by atoms with van der Waals surface area (Å²) in [6.45, 7) is 0.299. The summed E-state index contributed by atoms with van der Waals surface area (Å²) in [6.07, 6.45) is 0.600. The summed E-state index contributed by atoms with van der Waals surface area (Å²) < 4.78 is 27.4. The average molecular weight is 379 g/mol. The summed E-state index contributed by atoms with van der Waals surface area (Å²) >= 11 is 12.7. The first-order valence-corrected chi connectivity index (χ1v) is 9.56. The molecule has 0 fully saturated rings. The van der Waals surface area contributed by atoms with Gasteiger partial charge in [-0.25, -0.2) is 13.1 Å². The van der Waals surface area contributed by atoms with Crippen LogP contribution < -0.4 is 9.62 Å². The molecule has 0 radical (unpaired) electrons. The molecule has 120 valence electrons. The number of sulfonamides is 1. The Bertz CT molecular complexity index is 741. The van der Waals surface area contributed by atoms with Crippen LogP contribution in [-0.4, -0.2) is 29.1 Å². The van der Waals surface area contributed by atoms with E-state index in [9.17, 15) is 8.42 Å². The largest absolute Gasteiger partial charge is 0.378 e. The van der Waals surface area contributed by atoms with E-state index in [1.807, 2.05) is 43.3 Å². The maximum absolute atomic E-state index is 12.1. The third kappa shape index (κ3) is 4.36. The van der Waals surface area contributed by atoms with Gasteiger partial charge in [0.05, 0.1) is 4.34 Å². The molecule has 0 aliphatic heterocycles. The summed E-state index contributed by atoms with van der Waals surface area (Å²) in [7, 11) is 0.316. The lowest BCUT2D eigenvalue weighted by Crippen LogP contribution is -2.25. The SMILES string of the molecule is CN(C)c1ccc(CCNS(=O)(=O)c2cc(Cl)sc2Cl)cc1. The molecule has 0 spiro atoms. The smallest absolute Gasteiger partial charge is 0.242 e. The van der Waals surface area contributed by atoms with Crippen molar-refractivity contribution in [2.75, 3.05) is 25.5 Å². The molecule has 1 aromatic carbocycles. The van der Waals surface area contributed by atoms with E-state index in [-0.39, 0.29) is 9.23 Å². The minimum atomic E-state index is -3.63. The number of hydrogen-bond donors (Lipinski definition) is 1. The minimum Gasteiger partial charge on any atom is -0.378 e. The molecule has 0 aliphatic carbocycles. The third-order valence-corrected chi connectivity index (χ3v) is 6.29. The van der Waals surface area contributed by atoms with Crippen LogP contribution in [0.25, 0.3) is 0 Å². The first-order valence-electron chi connectivity index (χ1n) is 6.50. The van der Waals surface area contributed by atoms with Crippen molar-refractivity contribution in [3.63, 3.8) is 0 Å². The maximum atomic E-state index is 12.1. The Labute approximate surface area is 144 Å². The second-order valence-corrected chi connectivity index (χ2v) is 8.92. The van der Waals surface area contributed by atoms with Gasteiger partial charge in [0.25, 0.3) is 0 Å². The van der Waals surface area contributed by atoms with Crippen LogP contribution in [0, 0.1) is 0 Å². The van der Waals surface area contributed by atoms with Crippen LogP contribution in [0.15, 0.2) is 35.2 Å². The van der Waals surface area contributed by atoms with Gasteiger partial charge < -0.3 is 4.90 Å². The number of thiophene rings is 1. The van der Waals surface area contributed by atoms with E-state index in [0.717, 1.165) is 22.6 Å². The predicted molar refractivity (Wildman–Crippen MR) is 94.0 cm³/mol. The quantitative estimate of drug-likeness (QED) is 0.834. The number of rotatable bonds is 6. The minimum absolute atomic E-state index is 0.0344. The van der Waals surface area contributed by atoms with Gasteiger partial charge in [0.2, 0.25) is 10.0 Å². The Hall–Kier alpha value is -0.790. The number of anilines is 1. The summed E-state index contributed by atoms with van der Waals surface area (Å²) in [4.78, 5) is 2.04. The third-order valence-electron chi connectivity index (χ3n) is 3.07. The van der Waals surface area contributed by atoms with Crippen molar-refractivity contribution in [3.8, 4) is 0 Å². The highest BCUT2D eigenvalue weighted by Gasteiger charge is 2.20. The molecule has 0 atom stereocenters. The molecule has 2 rings (SSSR count). The number of halogens is 2. The first kappa shape index (κ1) is 17.6. The van der Waals surface area contributed by atoms with E-state index in [2.05, 4.69) is 4.72 Å². The lowest BCUT2D eigenvalue weighted by atomic mass is 10.1. The van der Waals surface area contributed by atoms with Crippen LogP contribution in [-0.2, 0) is 16.4 Å². The molecule has 1 heterocycles. The fraction of sp³-hybridized carbons (Fsp3) is 0.286. The molecule has 22 heavy (non-hydrogen) atoms. The van der Waals surface area contributed by atoms with E-state index < -0.39 is 10.0 Å². The van der Waals surface area contributed by atoms with E-state index in [4.69, 9.17) is 23.2 Å². The number of benzene rings is 1. The lowest BCUT2D eigenvalue weighted by Gasteiger charge is -2.12. The van der Waals surface area contributed by atoms with Crippen LogP contribution in [0.5, 0.6) is 0 Å². The molecule has 0 bridgehead atoms. The fourth-order valence-corrected chi connectivity index (χ4v) is 5.06.